The highest BCUT2D eigenvalue weighted by Gasteiger charge is 2.70. The molecular formula is C36H61N5O7. The average molecular weight is 676 g/mol. The van der Waals surface area contributed by atoms with Crippen LogP contribution in [-0.4, -0.2) is 76.7 Å². The molecule has 1 unspecified atom stereocenters. The molecular weight excluding hydrogens is 614 g/mol. The smallest absolute Gasteiger partial charge is 0.329 e. The van der Waals surface area contributed by atoms with E-state index in [4.69, 9.17) is 10.5 Å². The molecule has 2 heterocycles. The van der Waals surface area contributed by atoms with Gasteiger partial charge >= 0.3 is 12.0 Å². The summed E-state index contributed by atoms with van der Waals surface area (Å²) in [5.74, 6) is -3.52. The lowest BCUT2D eigenvalue weighted by Crippen LogP contribution is -2.63. The van der Waals surface area contributed by atoms with Crippen molar-refractivity contribution in [1.29, 1.82) is 0 Å². The average Bonchev–Trinajstić information content (AvgIpc) is 3.25. The van der Waals surface area contributed by atoms with Crippen LogP contribution in [0.4, 0.5) is 4.79 Å². The maximum Gasteiger partial charge on any atom is 0.329 e. The van der Waals surface area contributed by atoms with Gasteiger partial charge in [-0.25, -0.2) is 9.59 Å². The number of ketones is 1. The fourth-order valence-electron chi connectivity index (χ4n) is 7.52. The number of esters is 1. The number of nitrogens with one attached hydrogen (secondary N) is 3. The third-order valence-electron chi connectivity index (χ3n) is 10.5. The Morgan fingerprint density at radius 1 is 0.917 bits per heavy atom. The second kappa shape index (κ2) is 14.7. The molecule has 1 saturated carbocycles. The molecule has 3 rings (SSSR count). The number of urea groups is 1. The molecule has 0 aromatic carbocycles. The summed E-state index contributed by atoms with van der Waals surface area (Å²) in [5, 5.41) is 8.49. The molecule has 0 aromatic heterocycles. The predicted octanol–water partition coefficient (Wildman–Crippen LogP) is 3.98. The van der Waals surface area contributed by atoms with Crippen LogP contribution in [0.5, 0.6) is 0 Å². The van der Waals surface area contributed by atoms with Crippen LogP contribution in [0.15, 0.2) is 0 Å². The third-order valence-corrected chi connectivity index (χ3v) is 10.5. The Morgan fingerprint density at radius 2 is 1.48 bits per heavy atom. The Kier molecular flexibility index (Phi) is 12.1. The van der Waals surface area contributed by atoms with Crippen LogP contribution in [0.2, 0.25) is 0 Å². The van der Waals surface area contributed by atoms with Gasteiger partial charge in [0.25, 0.3) is 5.91 Å². The van der Waals surface area contributed by atoms with Gasteiger partial charge in [-0.2, -0.15) is 0 Å². The summed E-state index contributed by atoms with van der Waals surface area (Å²) in [6.07, 6.45) is 7.20. The lowest BCUT2D eigenvalue weighted by molar-refractivity contribution is -0.160. The number of nitrogens with two attached hydrogens (primary N) is 1. The Morgan fingerprint density at radius 3 is 2.02 bits per heavy atom. The standard InChI is InChI=1S/C36H61N5O7/c1-33(2,3)27(31(46)48-34(4,5)6)40-32(47)39-26-30(45)41-20-21-23(36(21,9)10)24(41)29(44)38-22(25(42)28(37)43)18-16-14-12-11-13-15-17-19-35(26,7)8/h21-24,26-27H,11-20H2,1-10H3,(H2,37,43)(H,38,44)(H2,39,40,47)/t21?,22-,23-,24-,26+,27+/m0/s1. The number of rotatable bonds is 5. The first-order chi connectivity index (χ1) is 22.0. The van der Waals surface area contributed by atoms with Gasteiger partial charge in [0.2, 0.25) is 17.6 Å². The van der Waals surface area contributed by atoms with Gasteiger partial charge in [-0.05, 0) is 61.7 Å². The Balaban J connectivity index is 1.97. The molecule has 48 heavy (non-hydrogen) atoms. The van der Waals surface area contributed by atoms with Gasteiger partial charge in [0.15, 0.2) is 0 Å². The third kappa shape index (κ3) is 9.49. The van der Waals surface area contributed by atoms with E-state index in [2.05, 4.69) is 29.8 Å². The van der Waals surface area contributed by atoms with Crippen LogP contribution in [0.1, 0.15) is 127 Å². The van der Waals surface area contributed by atoms with Crippen molar-refractivity contribution in [2.45, 2.75) is 157 Å². The van der Waals surface area contributed by atoms with Gasteiger partial charge in [0, 0.05) is 6.54 Å². The number of ether oxygens (including phenoxy) is 1. The summed E-state index contributed by atoms with van der Waals surface area (Å²) >= 11 is 0. The molecule has 2 aliphatic heterocycles. The van der Waals surface area contributed by atoms with Crippen molar-refractivity contribution in [3.05, 3.63) is 0 Å². The number of primary amides is 1. The second-order valence-electron chi connectivity index (χ2n) is 17.6. The first-order valence-corrected chi connectivity index (χ1v) is 17.7. The Bertz CT molecular complexity index is 1250. The van der Waals surface area contributed by atoms with Crippen molar-refractivity contribution < 1.29 is 33.5 Å². The van der Waals surface area contributed by atoms with E-state index in [1.54, 1.807) is 25.7 Å². The normalized spacial score (nSPS) is 28.9. The van der Waals surface area contributed by atoms with E-state index in [1.165, 1.54) is 0 Å². The molecule has 272 valence electrons. The summed E-state index contributed by atoms with van der Waals surface area (Å²) in [6, 6.07) is -4.66. The highest BCUT2D eigenvalue weighted by molar-refractivity contribution is 6.37. The molecule has 12 nitrogen and oxygen atoms in total. The number of piperidine rings is 1. The number of carbonyl (C=O) groups excluding carboxylic acids is 6. The summed E-state index contributed by atoms with van der Waals surface area (Å²) in [7, 11) is 0. The van der Waals surface area contributed by atoms with Crippen molar-refractivity contribution >= 4 is 35.5 Å². The minimum atomic E-state index is -1.10. The van der Waals surface area contributed by atoms with Crippen molar-refractivity contribution in [1.82, 2.24) is 20.9 Å². The minimum Gasteiger partial charge on any atom is -0.458 e. The van der Waals surface area contributed by atoms with Crippen LogP contribution < -0.4 is 21.7 Å². The molecule has 5 amide bonds. The highest BCUT2D eigenvalue weighted by atomic mass is 16.6. The zero-order chi connectivity index (χ0) is 36.4. The van der Waals surface area contributed by atoms with E-state index in [-0.39, 0.29) is 23.7 Å². The number of Topliss-reactive ketones (excluding diaryl/α,β-unsaturated/α-hetero) is 1. The maximum atomic E-state index is 14.6. The zero-order valence-corrected chi connectivity index (χ0v) is 30.9. The first-order valence-electron chi connectivity index (χ1n) is 17.7. The summed E-state index contributed by atoms with van der Waals surface area (Å²) < 4.78 is 5.61. The number of nitrogens with zero attached hydrogens (tertiary/aromatic N) is 1. The van der Waals surface area contributed by atoms with Gasteiger partial charge in [-0.15, -0.1) is 0 Å². The van der Waals surface area contributed by atoms with Gasteiger partial charge < -0.3 is 31.3 Å². The van der Waals surface area contributed by atoms with Crippen LogP contribution in [-0.2, 0) is 28.7 Å². The zero-order valence-electron chi connectivity index (χ0n) is 30.9. The topological polar surface area (TPSA) is 177 Å². The summed E-state index contributed by atoms with van der Waals surface area (Å²) in [5.41, 5.74) is 2.99. The van der Waals surface area contributed by atoms with E-state index in [1.807, 2.05) is 34.6 Å². The molecule has 5 N–H and O–H groups in total. The summed E-state index contributed by atoms with van der Waals surface area (Å²) in [6.45, 7) is 19.1. The molecule has 1 aliphatic carbocycles. The monoisotopic (exact) mass is 675 g/mol. The SMILES string of the molecule is CC(C)(C)OC(=O)[C@@H](NC(=O)N[C@@H]1C(=O)N2CC3[C@@H]([C@H]2C(=O)N[C@H](C(=O)C(N)=O)CCCCCCCCCC1(C)C)C3(C)C)C(C)(C)C. The molecule has 3 aliphatic rings. The number of hydrogen-bond donors (Lipinski definition) is 4. The minimum absolute atomic E-state index is 0.0584. The first kappa shape index (κ1) is 39.3. The van der Waals surface area contributed by atoms with Crippen LogP contribution in [0.3, 0.4) is 0 Å². The number of fused-ring (bicyclic) bond motifs is 3. The number of carbonyl (C=O) groups is 6. The van der Waals surface area contributed by atoms with E-state index in [0.717, 1.165) is 38.5 Å². The van der Waals surface area contributed by atoms with Crippen LogP contribution in [0.25, 0.3) is 0 Å². The second-order valence-corrected chi connectivity index (χ2v) is 17.6. The van der Waals surface area contributed by atoms with E-state index in [0.29, 0.717) is 19.4 Å². The molecule has 3 fully saturated rings. The van der Waals surface area contributed by atoms with Crippen molar-refractivity contribution in [3.63, 3.8) is 0 Å². The molecule has 12 heteroatoms. The fourth-order valence-corrected chi connectivity index (χ4v) is 7.52. The van der Waals surface area contributed by atoms with Gasteiger partial charge in [-0.1, -0.05) is 93.4 Å². The van der Waals surface area contributed by atoms with E-state index < -0.39 is 76.1 Å². The van der Waals surface area contributed by atoms with Crippen molar-refractivity contribution in [2.24, 2.45) is 33.8 Å². The number of hydrogen-bond acceptors (Lipinski definition) is 7. The lowest BCUT2D eigenvalue weighted by atomic mass is 9.78. The molecule has 0 radical (unpaired) electrons. The maximum absolute atomic E-state index is 14.6. The van der Waals surface area contributed by atoms with Crippen molar-refractivity contribution in [3.8, 4) is 0 Å². The Hall–Kier alpha value is -3.18. The molecule has 2 saturated heterocycles. The molecule has 0 aromatic rings. The van der Waals surface area contributed by atoms with E-state index >= 15 is 0 Å². The molecule has 0 bridgehead atoms. The largest absolute Gasteiger partial charge is 0.458 e. The van der Waals surface area contributed by atoms with Crippen LogP contribution >= 0.6 is 0 Å². The predicted molar refractivity (Wildman–Crippen MR) is 182 cm³/mol. The molecule has 6 atom stereocenters. The lowest BCUT2D eigenvalue weighted by Gasteiger charge is -2.40. The quantitative estimate of drug-likeness (QED) is 0.252. The molecule has 0 spiro atoms. The van der Waals surface area contributed by atoms with Crippen LogP contribution in [0, 0.1) is 28.1 Å². The van der Waals surface area contributed by atoms with Gasteiger partial charge in [0.05, 0.1) is 6.04 Å². The van der Waals surface area contributed by atoms with Gasteiger partial charge in [-0.3, -0.25) is 19.2 Å². The number of amides is 5. The van der Waals surface area contributed by atoms with Crippen molar-refractivity contribution in [2.75, 3.05) is 6.54 Å². The van der Waals surface area contributed by atoms with Gasteiger partial charge in [0.1, 0.15) is 23.7 Å². The van der Waals surface area contributed by atoms with E-state index in [9.17, 15) is 28.8 Å². The fraction of sp³-hybridized carbons (Fsp3) is 0.833. The Labute approximate surface area is 286 Å². The summed E-state index contributed by atoms with van der Waals surface area (Å²) in [4.78, 5) is 81.8. The highest BCUT2D eigenvalue weighted by Crippen LogP contribution is 2.65.